The van der Waals surface area contributed by atoms with Crippen LogP contribution in [0.5, 0.6) is 0 Å². The summed E-state index contributed by atoms with van der Waals surface area (Å²) >= 11 is 0. The lowest BCUT2D eigenvalue weighted by atomic mass is 9.95. The number of hydrogen-bond donors (Lipinski definition) is 1. The van der Waals surface area contributed by atoms with E-state index in [2.05, 4.69) is 66.7 Å². The quantitative estimate of drug-likeness (QED) is 0.215. The van der Waals surface area contributed by atoms with Gasteiger partial charge in [0, 0.05) is 5.69 Å². The van der Waals surface area contributed by atoms with Gasteiger partial charge in [-0.1, -0.05) is 54.6 Å². The number of rotatable bonds is 0. The van der Waals surface area contributed by atoms with Crippen LogP contribution in [0.25, 0.3) is 43.1 Å². The van der Waals surface area contributed by atoms with Crippen LogP contribution in [0.2, 0.25) is 0 Å². The molecule has 2 N–H and O–H groups in total. The first kappa shape index (κ1) is 12.5. The second-order valence-corrected chi connectivity index (χ2v) is 6.13. The van der Waals surface area contributed by atoms with Gasteiger partial charge in [0.05, 0.1) is 0 Å². The van der Waals surface area contributed by atoms with Gasteiger partial charge < -0.3 is 5.73 Å². The highest BCUT2D eigenvalue weighted by Gasteiger charge is 2.05. The molecule has 0 radical (unpaired) electrons. The predicted molar refractivity (Wildman–Crippen MR) is 101 cm³/mol. The molecule has 0 saturated carbocycles. The van der Waals surface area contributed by atoms with Crippen LogP contribution < -0.4 is 5.73 Å². The second-order valence-electron chi connectivity index (χ2n) is 6.13. The largest absolute Gasteiger partial charge is 0.399 e. The molecule has 5 aromatic carbocycles. The van der Waals surface area contributed by atoms with E-state index in [0.717, 1.165) is 5.69 Å². The van der Waals surface area contributed by atoms with Gasteiger partial charge in [0.1, 0.15) is 0 Å². The van der Waals surface area contributed by atoms with Crippen LogP contribution in [-0.4, -0.2) is 0 Å². The number of hydrogen-bond acceptors (Lipinski definition) is 1. The van der Waals surface area contributed by atoms with Crippen molar-refractivity contribution in [2.45, 2.75) is 0 Å². The summed E-state index contributed by atoms with van der Waals surface area (Å²) in [5.74, 6) is 0. The van der Waals surface area contributed by atoms with E-state index in [0.29, 0.717) is 0 Å². The fraction of sp³-hybridized carbons (Fsp3) is 0. The van der Waals surface area contributed by atoms with Gasteiger partial charge in [0.25, 0.3) is 0 Å². The minimum absolute atomic E-state index is 0.809. The molecule has 0 unspecified atom stereocenters. The lowest BCUT2D eigenvalue weighted by molar-refractivity contribution is 1.75. The first-order chi connectivity index (χ1) is 11.3. The fourth-order valence-electron chi connectivity index (χ4n) is 3.59. The van der Waals surface area contributed by atoms with Gasteiger partial charge in [-0.05, 0) is 67.4 Å². The molecule has 5 rings (SSSR count). The lowest BCUT2D eigenvalue weighted by Gasteiger charge is -2.09. The van der Waals surface area contributed by atoms with Gasteiger partial charge in [0.15, 0.2) is 0 Å². The summed E-state index contributed by atoms with van der Waals surface area (Å²) in [5, 5.41) is 10.2. The predicted octanol–water partition coefficient (Wildman–Crippen LogP) is 5.88. The molecule has 5 aromatic rings. The van der Waals surface area contributed by atoms with Gasteiger partial charge in [-0.3, -0.25) is 0 Å². The molecule has 0 saturated heterocycles. The van der Waals surface area contributed by atoms with E-state index in [-0.39, 0.29) is 0 Å². The number of anilines is 1. The summed E-state index contributed by atoms with van der Waals surface area (Å²) in [6.45, 7) is 0. The molecule has 0 fully saturated rings. The average Bonchev–Trinajstić information content (AvgIpc) is 2.59. The van der Waals surface area contributed by atoms with Gasteiger partial charge in [-0.2, -0.15) is 0 Å². The van der Waals surface area contributed by atoms with Crippen LogP contribution in [-0.2, 0) is 0 Å². The molecule has 1 nitrogen and oxygen atoms in total. The third-order valence-corrected chi connectivity index (χ3v) is 4.72. The van der Waals surface area contributed by atoms with E-state index >= 15 is 0 Å². The van der Waals surface area contributed by atoms with Crippen molar-refractivity contribution >= 4 is 48.8 Å². The summed E-state index contributed by atoms with van der Waals surface area (Å²) in [7, 11) is 0. The maximum atomic E-state index is 5.92. The van der Waals surface area contributed by atoms with Crippen molar-refractivity contribution in [1.82, 2.24) is 0 Å². The maximum absolute atomic E-state index is 5.92. The van der Waals surface area contributed by atoms with E-state index in [1.807, 2.05) is 12.1 Å². The summed E-state index contributed by atoms with van der Waals surface area (Å²) in [5.41, 5.74) is 6.73. The van der Waals surface area contributed by atoms with Gasteiger partial charge in [0.2, 0.25) is 0 Å². The van der Waals surface area contributed by atoms with Crippen LogP contribution in [0.3, 0.4) is 0 Å². The van der Waals surface area contributed by atoms with Gasteiger partial charge in [-0.25, -0.2) is 0 Å². The van der Waals surface area contributed by atoms with E-state index in [1.165, 1.54) is 43.1 Å². The van der Waals surface area contributed by atoms with Crippen molar-refractivity contribution in [1.29, 1.82) is 0 Å². The molecule has 108 valence electrons. The highest BCUT2D eigenvalue weighted by Crippen LogP contribution is 2.33. The Kier molecular flexibility index (Phi) is 2.42. The van der Waals surface area contributed by atoms with Crippen molar-refractivity contribution in [3.8, 4) is 0 Å². The standard InChI is InChI=1S/C22H15N/c23-18-9-10-20-15(11-18)7-8-17-12-21-16(13-22(17)20)6-5-14-3-1-2-4-19(14)21/h1-13H,23H2. The Morgan fingerprint density at radius 2 is 1.00 bits per heavy atom. The summed E-state index contributed by atoms with van der Waals surface area (Å²) in [4.78, 5) is 0. The van der Waals surface area contributed by atoms with Crippen LogP contribution >= 0.6 is 0 Å². The highest BCUT2D eigenvalue weighted by molar-refractivity contribution is 6.17. The maximum Gasteiger partial charge on any atom is 0.0320 e. The molecule has 0 heterocycles. The Morgan fingerprint density at radius 1 is 0.435 bits per heavy atom. The SMILES string of the molecule is Nc1ccc2c(ccc3cc4c(ccc5ccccc54)cc32)c1. The zero-order valence-corrected chi connectivity index (χ0v) is 12.6. The third-order valence-electron chi connectivity index (χ3n) is 4.72. The molecule has 23 heavy (non-hydrogen) atoms. The van der Waals surface area contributed by atoms with E-state index in [9.17, 15) is 0 Å². The Labute approximate surface area is 133 Å². The molecular formula is C22H15N. The Morgan fingerprint density at radius 3 is 1.74 bits per heavy atom. The van der Waals surface area contributed by atoms with E-state index in [1.54, 1.807) is 0 Å². The topological polar surface area (TPSA) is 26.0 Å². The second kappa shape index (κ2) is 4.47. The smallest absolute Gasteiger partial charge is 0.0320 e. The Hall–Kier alpha value is -3.06. The number of nitrogens with two attached hydrogens (primary N) is 1. The monoisotopic (exact) mass is 293 g/mol. The average molecular weight is 293 g/mol. The first-order valence-corrected chi connectivity index (χ1v) is 7.83. The summed E-state index contributed by atoms with van der Waals surface area (Å²) < 4.78 is 0. The molecule has 1 heteroatoms. The fourth-order valence-corrected chi connectivity index (χ4v) is 3.59. The normalized spacial score (nSPS) is 11.7. The summed E-state index contributed by atoms with van der Waals surface area (Å²) in [6, 6.07) is 28.1. The molecule has 0 bridgehead atoms. The Balaban J connectivity index is 1.98. The third kappa shape index (κ3) is 1.80. The number of fused-ring (bicyclic) bond motifs is 6. The molecule has 0 aliphatic carbocycles. The molecule has 0 amide bonds. The van der Waals surface area contributed by atoms with Crippen molar-refractivity contribution in [3.63, 3.8) is 0 Å². The van der Waals surface area contributed by atoms with E-state index in [4.69, 9.17) is 5.73 Å². The lowest BCUT2D eigenvalue weighted by Crippen LogP contribution is -1.85. The van der Waals surface area contributed by atoms with Crippen LogP contribution in [0.4, 0.5) is 5.69 Å². The van der Waals surface area contributed by atoms with Crippen molar-refractivity contribution in [3.05, 3.63) is 78.9 Å². The van der Waals surface area contributed by atoms with Crippen LogP contribution in [0.1, 0.15) is 0 Å². The van der Waals surface area contributed by atoms with Gasteiger partial charge in [-0.15, -0.1) is 0 Å². The molecule has 0 spiro atoms. The first-order valence-electron chi connectivity index (χ1n) is 7.83. The number of benzene rings is 5. The number of nitrogen functional groups attached to an aromatic ring is 1. The minimum Gasteiger partial charge on any atom is -0.399 e. The van der Waals surface area contributed by atoms with Gasteiger partial charge >= 0.3 is 0 Å². The molecule has 0 aliphatic rings. The van der Waals surface area contributed by atoms with Crippen molar-refractivity contribution in [2.24, 2.45) is 0 Å². The van der Waals surface area contributed by atoms with Crippen LogP contribution in [0.15, 0.2) is 78.9 Å². The highest BCUT2D eigenvalue weighted by atomic mass is 14.5. The zero-order valence-electron chi connectivity index (χ0n) is 12.6. The van der Waals surface area contributed by atoms with E-state index < -0.39 is 0 Å². The molecule has 0 atom stereocenters. The molecule has 0 aromatic heterocycles. The van der Waals surface area contributed by atoms with Crippen molar-refractivity contribution in [2.75, 3.05) is 5.73 Å². The van der Waals surface area contributed by atoms with Crippen molar-refractivity contribution < 1.29 is 0 Å². The summed E-state index contributed by atoms with van der Waals surface area (Å²) in [6.07, 6.45) is 0. The minimum atomic E-state index is 0.809. The van der Waals surface area contributed by atoms with Crippen LogP contribution in [0, 0.1) is 0 Å². The Bertz CT molecular complexity index is 1220. The zero-order chi connectivity index (χ0) is 15.4. The molecule has 0 aliphatic heterocycles. The molecular weight excluding hydrogens is 278 g/mol.